The van der Waals surface area contributed by atoms with Gasteiger partial charge in [0.25, 0.3) is 5.91 Å². The molecule has 1 aliphatic rings. The Morgan fingerprint density at radius 1 is 1.31 bits per heavy atom. The highest BCUT2D eigenvalue weighted by atomic mass is 16.5. The maximum Gasteiger partial charge on any atom is 0.255 e. The summed E-state index contributed by atoms with van der Waals surface area (Å²) in [6.45, 7) is 3.53. The number of phenolic OH excluding ortho intramolecular Hbond substituents is 1. The van der Waals surface area contributed by atoms with Gasteiger partial charge in [-0.1, -0.05) is 30.3 Å². The van der Waals surface area contributed by atoms with Crippen LogP contribution in [0.4, 0.5) is 0 Å². The van der Waals surface area contributed by atoms with Gasteiger partial charge in [-0.15, -0.1) is 0 Å². The van der Waals surface area contributed by atoms with Gasteiger partial charge in [0.2, 0.25) is 0 Å². The van der Waals surface area contributed by atoms with E-state index in [1.807, 2.05) is 18.2 Å². The lowest BCUT2D eigenvalue weighted by atomic mass is 10.1. The first-order valence-corrected chi connectivity index (χ1v) is 8.69. The Morgan fingerprint density at radius 3 is 2.85 bits per heavy atom. The minimum atomic E-state index is -0.325. The summed E-state index contributed by atoms with van der Waals surface area (Å²) < 4.78 is 10.8. The van der Waals surface area contributed by atoms with Crippen molar-refractivity contribution >= 4 is 5.91 Å². The standard InChI is InChI=1S/C20H24N2O4/c1-25-16-7-8-18(19(23)11-16)20(24)21-12-17-14-22(9-10-26-17)13-15-5-3-2-4-6-15/h2-8,11,17,23H,9-10,12-14H2,1H3,(H,21,24)/t17-/m0/s1. The van der Waals surface area contributed by atoms with Crippen LogP contribution in [0.1, 0.15) is 15.9 Å². The van der Waals surface area contributed by atoms with Crippen LogP contribution in [-0.2, 0) is 11.3 Å². The number of morpholine rings is 1. The molecule has 0 radical (unpaired) electrons. The first-order chi connectivity index (χ1) is 12.7. The molecule has 1 amide bonds. The average Bonchev–Trinajstić information content (AvgIpc) is 2.67. The molecule has 0 spiro atoms. The minimum Gasteiger partial charge on any atom is -0.507 e. The van der Waals surface area contributed by atoms with Gasteiger partial charge in [-0.3, -0.25) is 9.69 Å². The normalized spacial score (nSPS) is 17.7. The number of hydrogen-bond donors (Lipinski definition) is 2. The number of hydrogen-bond acceptors (Lipinski definition) is 5. The van der Waals surface area contributed by atoms with Crippen molar-refractivity contribution in [3.8, 4) is 11.5 Å². The zero-order valence-corrected chi connectivity index (χ0v) is 14.9. The first kappa shape index (κ1) is 18.2. The van der Waals surface area contributed by atoms with Crippen molar-refractivity contribution in [1.29, 1.82) is 0 Å². The number of carbonyl (C=O) groups excluding carboxylic acids is 1. The van der Waals surface area contributed by atoms with Crippen molar-refractivity contribution in [2.45, 2.75) is 12.6 Å². The number of amides is 1. The Hall–Kier alpha value is -2.57. The van der Waals surface area contributed by atoms with E-state index in [2.05, 4.69) is 22.3 Å². The molecular formula is C20H24N2O4. The molecule has 138 valence electrons. The molecule has 3 rings (SSSR count). The Morgan fingerprint density at radius 2 is 2.12 bits per heavy atom. The van der Waals surface area contributed by atoms with E-state index >= 15 is 0 Å². The molecule has 0 unspecified atom stereocenters. The van der Waals surface area contributed by atoms with Crippen LogP contribution in [0.2, 0.25) is 0 Å². The predicted molar refractivity (Wildman–Crippen MR) is 98.5 cm³/mol. The van der Waals surface area contributed by atoms with Crippen molar-refractivity contribution in [2.75, 3.05) is 33.4 Å². The second-order valence-electron chi connectivity index (χ2n) is 6.31. The fourth-order valence-electron chi connectivity index (χ4n) is 3.02. The third kappa shape index (κ3) is 4.74. The lowest BCUT2D eigenvalue weighted by molar-refractivity contribution is -0.0292. The molecule has 1 atom stereocenters. The Kier molecular flexibility index (Phi) is 6.09. The molecule has 6 nitrogen and oxygen atoms in total. The van der Waals surface area contributed by atoms with Crippen LogP contribution in [-0.4, -0.2) is 55.4 Å². The highest BCUT2D eigenvalue weighted by Crippen LogP contribution is 2.23. The number of rotatable bonds is 6. The monoisotopic (exact) mass is 356 g/mol. The number of nitrogens with one attached hydrogen (secondary N) is 1. The lowest BCUT2D eigenvalue weighted by Gasteiger charge is -2.33. The summed E-state index contributed by atoms with van der Waals surface area (Å²) in [6, 6.07) is 14.9. The molecule has 2 aromatic carbocycles. The highest BCUT2D eigenvalue weighted by molar-refractivity contribution is 5.97. The summed E-state index contributed by atoms with van der Waals surface area (Å²) >= 11 is 0. The third-order valence-corrected chi connectivity index (χ3v) is 4.41. The third-order valence-electron chi connectivity index (χ3n) is 4.41. The average molecular weight is 356 g/mol. The summed E-state index contributed by atoms with van der Waals surface area (Å²) in [5.41, 5.74) is 1.49. The zero-order chi connectivity index (χ0) is 18.4. The van der Waals surface area contributed by atoms with E-state index < -0.39 is 0 Å². The molecule has 0 aliphatic carbocycles. The number of benzene rings is 2. The van der Waals surface area contributed by atoms with Gasteiger partial charge in [0.15, 0.2) is 0 Å². The first-order valence-electron chi connectivity index (χ1n) is 8.69. The van der Waals surface area contributed by atoms with Crippen LogP contribution < -0.4 is 10.1 Å². The second kappa shape index (κ2) is 8.69. The summed E-state index contributed by atoms with van der Waals surface area (Å²) in [4.78, 5) is 14.6. The molecule has 0 aromatic heterocycles. The van der Waals surface area contributed by atoms with Crippen LogP contribution >= 0.6 is 0 Å². The van der Waals surface area contributed by atoms with Crippen LogP contribution in [0.25, 0.3) is 0 Å². The Balaban J connectivity index is 1.51. The smallest absolute Gasteiger partial charge is 0.255 e. The van der Waals surface area contributed by atoms with Gasteiger partial charge in [-0.05, 0) is 17.7 Å². The van der Waals surface area contributed by atoms with Gasteiger partial charge in [-0.25, -0.2) is 0 Å². The topological polar surface area (TPSA) is 71.0 Å². The number of carbonyl (C=O) groups is 1. The number of aromatic hydroxyl groups is 1. The molecule has 0 saturated carbocycles. The van der Waals surface area contributed by atoms with Crippen LogP contribution in [0.3, 0.4) is 0 Å². The van der Waals surface area contributed by atoms with Gasteiger partial charge in [0, 0.05) is 32.2 Å². The van der Waals surface area contributed by atoms with E-state index in [1.54, 1.807) is 12.1 Å². The van der Waals surface area contributed by atoms with Crippen LogP contribution in [0.15, 0.2) is 48.5 Å². The maximum atomic E-state index is 12.3. The summed E-state index contributed by atoms with van der Waals surface area (Å²) in [5, 5.41) is 12.8. The van der Waals surface area contributed by atoms with E-state index in [4.69, 9.17) is 9.47 Å². The van der Waals surface area contributed by atoms with Crippen molar-refractivity contribution in [2.24, 2.45) is 0 Å². The Bertz CT molecular complexity index is 736. The summed E-state index contributed by atoms with van der Waals surface area (Å²) in [5.74, 6) is 0.0808. The van der Waals surface area contributed by atoms with Crippen LogP contribution in [0.5, 0.6) is 11.5 Å². The largest absolute Gasteiger partial charge is 0.507 e. The van der Waals surface area contributed by atoms with E-state index in [1.165, 1.54) is 18.7 Å². The molecule has 1 heterocycles. The Labute approximate surface area is 153 Å². The minimum absolute atomic E-state index is 0.0724. The van der Waals surface area contributed by atoms with Gasteiger partial charge >= 0.3 is 0 Å². The quantitative estimate of drug-likeness (QED) is 0.829. The van der Waals surface area contributed by atoms with Crippen molar-refractivity contribution in [1.82, 2.24) is 10.2 Å². The maximum absolute atomic E-state index is 12.3. The van der Waals surface area contributed by atoms with Crippen LogP contribution in [0, 0.1) is 0 Å². The van der Waals surface area contributed by atoms with Crippen molar-refractivity contribution < 1.29 is 19.4 Å². The summed E-state index contributed by atoms with van der Waals surface area (Å²) in [6.07, 6.45) is -0.0724. The summed E-state index contributed by atoms with van der Waals surface area (Å²) in [7, 11) is 1.51. The van der Waals surface area contributed by atoms with Gasteiger partial charge < -0.3 is 19.9 Å². The van der Waals surface area contributed by atoms with Gasteiger partial charge in [-0.2, -0.15) is 0 Å². The molecule has 2 N–H and O–H groups in total. The molecular weight excluding hydrogens is 332 g/mol. The van der Waals surface area contributed by atoms with Gasteiger partial charge in [0.05, 0.1) is 25.4 Å². The fraction of sp³-hybridized carbons (Fsp3) is 0.350. The second-order valence-corrected chi connectivity index (χ2v) is 6.31. The number of ether oxygens (including phenoxy) is 2. The number of methoxy groups -OCH3 is 1. The highest BCUT2D eigenvalue weighted by Gasteiger charge is 2.22. The zero-order valence-electron chi connectivity index (χ0n) is 14.9. The predicted octanol–water partition coefficient (Wildman–Crippen LogP) is 2.03. The van der Waals surface area contributed by atoms with E-state index in [-0.39, 0.29) is 23.3 Å². The molecule has 1 fully saturated rings. The SMILES string of the molecule is COc1ccc(C(=O)NC[C@H]2CN(Cc3ccccc3)CCO2)c(O)c1. The lowest BCUT2D eigenvalue weighted by Crippen LogP contribution is -2.47. The van der Waals surface area contributed by atoms with Crippen molar-refractivity contribution in [3.05, 3.63) is 59.7 Å². The molecule has 1 saturated heterocycles. The number of phenols is 1. The molecule has 0 bridgehead atoms. The van der Waals surface area contributed by atoms with E-state index in [0.29, 0.717) is 18.9 Å². The molecule has 2 aromatic rings. The van der Waals surface area contributed by atoms with Crippen molar-refractivity contribution in [3.63, 3.8) is 0 Å². The molecule has 1 aliphatic heterocycles. The fourth-order valence-corrected chi connectivity index (χ4v) is 3.02. The molecule has 6 heteroatoms. The van der Waals surface area contributed by atoms with Gasteiger partial charge in [0.1, 0.15) is 11.5 Å². The van der Waals surface area contributed by atoms with E-state index in [0.717, 1.165) is 19.6 Å². The number of nitrogens with zero attached hydrogens (tertiary/aromatic N) is 1. The molecule has 26 heavy (non-hydrogen) atoms. The van der Waals surface area contributed by atoms with E-state index in [9.17, 15) is 9.90 Å².